The van der Waals surface area contributed by atoms with Crippen LogP contribution in [0.25, 0.3) is 112 Å². The van der Waals surface area contributed by atoms with Crippen LogP contribution >= 0.6 is 31.9 Å². The van der Waals surface area contributed by atoms with Gasteiger partial charge in [0.25, 0.3) is 0 Å². The minimum Gasteiger partial charge on any atom is -0.455 e. The SMILES string of the molecule is Brc1ccc(-c2nc(-c3ccccc3)nc(-c3cccc4c3oc3ccccc34)n2)cc1.Brc1ccc(-c2nc(-c3ccccc3)nc(-c3cccc4c3oc3ccccc34)n2)cc1. The molecule has 0 aliphatic carbocycles. The lowest BCUT2D eigenvalue weighted by Gasteiger charge is -2.08. The quantitative estimate of drug-likeness (QED) is 0.162. The Labute approximate surface area is 383 Å². The molecule has 0 atom stereocenters. The molecule has 4 heterocycles. The van der Waals surface area contributed by atoms with Gasteiger partial charge in [0.05, 0.1) is 11.1 Å². The van der Waals surface area contributed by atoms with Crippen molar-refractivity contribution in [3.05, 3.63) is 203 Å². The summed E-state index contributed by atoms with van der Waals surface area (Å²) in [5.41, 5.74) is 8.66. The zero-order valence-corrected chi connectivity index (χ0v) is 36.9. The first kappa shape index (κ1) is 39.2. The van der Waals surface area contributed by atoms with Crippen molar-refractivity contribution < 1.29 is 8.83 Å². The maximum Gasteiger partial charge on any atom is 0.167 e. The van der Waals surface area contributed by atoms with E-state index in [1.807, 2.05) is 170 Å². The van der Waals surface area contributed by atoms with Crippen LogP contribution < -0.4 is 0 Å². The van der Waals surface area contributed by atoms with Crippen LogP contribution in [-0.4, -0.2) is 29.9 Å². The van der Waals surface area contributed by atoms with Crippen LogP contribution in [0.2, 0.25) is 0 Å². The van der Waals surface area contributed by atoms with Gasteiger partial charge in [-0.05, 0) is 48.5 Å². The summed E-state index contributed by atoms with van der Waals surface area (Å²) in [6.07, 6.45) is 0. The number of nitrogens with zero attached hydrogens (tertiary/aromatic N) is 6. The predicted molar refractivity (Wildman–Crippen MR) is 262 cm³/mol. The molecule has 0 aliphatic heterocycles. The van der Waals surface area contributed by atoms with Crippen molar-refractivity contribution in [2.24, 2.45) is 0 Å². The lowest BCUT2D eigenvalue weighted by Crippen LogP contribution is -2.00. The maximum absolute atomic E-state index is 6.24. The molecular formula is C54H32Br2N6O2. The molecule has 0 unspecified atom stereocenters. The fraction of sp³-hybridized carbons (Fsp3) is 0. The van der Waals surface area contributed by atoms with Gasteiger partial charge in [0.15, 0.2) is 34.9 Å². The Hall–Kier alpha value is -7.66. The summed E-state index contributed by atoms with van der Waals surface area (Å²) in [6, 6.07) is 64.2. The van der Waals surface area contributed by atoms with Gasteiger partial charge in [-0.2, -0.15) is 0 Å². The van der Waals surface area contributed by atoms with E-state index < -0.39 is 0 Å². The Morgan fingerprint density at radius 2 is 0.578 bits per heavy atom. The van der Waals surface area contributed by atoms with Crippen molar-refractivity contribution in [3.63, 3.8) is 0 Å². The molecule has 8 nitrogen and oxygen atoms in total. The number of furan rings is 2. The molecule has 0 spiro atoms. The Kier molecular flexibility index (Phi) is 10.4. The third-order valence-corrected chi connectivity index (χ3v) is 11.9. The molecule has 4 aromatic heterocycles. The lowest BCUT2D eigenvalue weighted by atomic mass is 10.1. The normalized spacial score (nSPS) is 11.3. The second-order valence-corrected chi connectivity index (χ2v) is 16.8. The summed E-state index contributed by atoms with van der Waals surface area (Å²) >= 11 is 7.00. The van der Waals surface area contributed by atoms with E-state index in [-0.39, 0.29) is 0 Å². The number of aromatic nitrogens is 6. The second-order valence-electron chi connectivity index (χ2n) is 14.9. The molecule has 8 aromatic carbocycles. The number of rotatable bonds is 6. The average molecular weight is 957 g/mol. The van der Waals surface area contributed by atoms with Crippen molar-refractivity contribution in [3.8, 4) is 68.3 Å². The summed E-state index contributed by atoms with van der Waals surface area (Å²) in [6.45, 7) is 0. The topological polar surface area (TPSA) is 104 Å². The van der Waals surface area contributed by atoms with Crippen molar-refractivity contribution in [2.75, 3.05) is 0 Å². The van der Waals surface area contributed by atoms with Gasteiger partial charge < -0.3 is 8.83 Å². The minimum atomic E-state index is 0.585. The Morgan fingerprint density at radius 3 is 0.969 bits per heavy atom. The zero-order valence-electron chi connectivity index (χ0n) is 33.7. The van der Waals surface area contributed by atoms with Gasteiger partial charge in [-0.15, -0.1) is 0 Å². The van der Waals surface area contributed by atoms with Crippen LogP contribution in [0.5, 0.6) is 0 Å². The molecule has 12 aromatic rings. The summed E-state index contributed by atoms with van der Waals surface area (Å²) in [7, 11) is 0. The molecule has 0 saturated heterocycles. The zero-order chi connectivity index (χ0) is 43.0. The maximum atomic E-state index is 6.24. The highest BCUT2D eigenvalue weighted by Gasteiger charge is 2.19. The van der Waals surface area contributed by atoms with Crippen LogP contribution in [0, 0.1) is 0 Å². The predicted octanol–water partition coefficient (Wildman–Crippen LogP) is 15.1. The van der Waals surface area contributed by atoms with E-state index in [1.165, 1.54) is 0 Å². The Morgan fingerprint density at radius 1 is 0.266 bits per heavy atom. The van der Waals surface area contributed by atoms with Gasteiger partial charge >= 0.3 is 0 Å². The Balaban J connectivity index is 0.000000143. The molecule has 0 amide bonds. The molecule has 304 valence electrons. The fourth-order valence-corrected chi connectivity index (χ4v) is 8.26. The fourth-order valence-electron chi connectivity index (χ4n) is 7.73. The first-order valence-electron chi connectivity index (χ1n) is 20.5. The lowest BCUT2D eigenvalue weighted by molar-refractivity contribution is 0.669. The minimum absolute atomic E-state index is 0.585. The molecule has 0 N–H and O–H groups in total. The monoisotopic (exact) mass is 954 g/mol. The number of hydrogen-bond acceptors (Lipinski definition) is 8. The largest absolute Gasteiger partial charge is 0.455 e. The van der Waals surface area contributed by atoms with E-state index in [0.717, 1.165) is 86.2 Å². The number of fused-ring (bicyclic) bond motifs is 6. The van der Waals surface area contributed by atoms with Gasteiger partial charge in [0, 0.05) is 52.7 Å². The average Bonchev–Trinajstić information content (AvgIpc) is 3.94. The molecular weight excluding hydrogens is 924 g/mol. The summed E-state index contributed by atoms with van der Waals surface area (Å²) in [5, 5.41) is 4.25. The summed E-state index contributed by atoms with van der Waals surface area (Å²) < 4.78 is 14.5. The Bertz CT molecular complexity index is 3390. The van der Waals surface area contributed by atoms with E-state index >= 15 is 0 Å². The molecule has 12 rings (SSSR count). The van der Waals surface area contributed by atoms with Crippen LogP contribution in [0.3, 0.4) is 0 Å². The highest BCUT2D eigenvalue weighted by atomic mass is 79.9. The van der Waals surface area contributed by atoms with Crippen molar-refractivity contribution in [2.45, 2.75) is 0 Å². The molecule has 0 aliphatic rings. The summed E-state index contributed by atoms with van der Waals surface area (Å²) in [5.74, 6) is 3.66. The van der Waals surface area contributed by atoms with E-state index in [0.29, 0.717) is 34.9 Å². The molecule has 0 fully saturated rings. The van der Waals surface area contributed by atoms with Crippen LogP contribution in [0.15, 0.2) is 212 Å². The first-order valence-corrected chi connectivity index (χ1v) is 22.1. The third-order valence-electron chi connectivity index (χ3n) is 10.8. The highest BCUT2D eigenvalue weighted by Crippen LogP contribution is 2.37. The smallest absolute Gasteiger partial charge is 0.167 e. The van der Waals surface area contributed by atoms with Gasteiger partial charge in [-0.1, -0.05) is 177 Å². The van der Waals surface area contributed by atoms with Crippen LogP contribution in [0.1, 0.15) is 0 Å². The molecule has 0 bridgehead atoms. The molecule has 0 radical (unpaired) electrons. The molecule has 10 heteroatoms. The summed E-state index contributed by atoms with van der Waals surface area (Å²) in [4.78, 5) is 29.0. The van der Waals surface area contributed by atoms with Gasteiger partial charge in [-0.25, -0.2) is 29.9 Å². The standard InChI is InChI=1S/2C27H16BrN3O/c2*28-19-15-13-18(14-16-19)26-29-25(17-7-2-1-3-8-17)30-27(31-26)22-11-6-10-21-20-9-4-5-12-23(20)32-24(21)22/h2*1-16H. The first-order chi connectivity index (χ1) is 31.5. The van der Waals surface area contributed by atoms with Crippen LogP contribution in [-0.2, 0) is 0 Å². The van der Waals surface area contributed by atoms with Gasteiger partial charge in [0.2, 0.25) is 0 Å². The van der Waals surface area contributed by atoms with Crippen molar-refractivity contribution in [1.82, 2.24) is 29.9 Å². The molecule has 64 heavy (non-hydrogen) atoms. The van der Waals surface area contributed by atoms with E-state index in [2.05, 4.69) is 56.1 Å². The number of benzene rings is 8. The highest BCUT2D eigenvalue weighted by molar-refractivity contribution is 9.10. The van der Waals surface area contributed by atoms with Crippen molar-refractivity contribution in [1.29, 1.82) is 0 Å². The molecule has 0 saturated carbocycles. The second kappa shape index (κ2) is 16.9. The van der Waals surface area contributed by atoms with Crippen LogP contribution in [0.4, 0.5) is 0 Å². The van der Waals surface area contributed by atoms with E-state index in [1.54, 1.807) is 0 Å². The van der Waals surface area contributed by atoms with Crippen molar-refractivity contribution >= 4 is 75.7 Å². The van der Waals surface area contributed by atoms with Gasteiger partial charge in [-0.3, -0.25) is 0 Å². The number of hydrogen-bond donors (Lipinski definition) is 0. The number of halogens is 2. The van der Waals surface area contributed by atoms with Gasteiger partial charge in [0.1, 0.15) is 22.3 Å². The number of para-hydroxylation sites is 4. The van der Waals surface area contributed by atoms with E-state index in [4.69, 9.17) is 38.7 Å². The third kappa shape index (κ3) is 7.63. The van der Waals surface area contributed by atoms with E-state index in [9.17, 15) is 0 Å².